The van der Waals surface area contributed by atoms with E-state index >= 15 is 0 Å². The second kappa shape index (κ2) is 6.72. The van der Waals surface area contributed by atoms with Crippen LogP contribution in [-0.2, 0) is 0 Å². The normalized spacial score (nSPS) is 14.1. The second-order valence-corrected chi connectivity index (χ2v) is 6.51. The average molecular weight is 379 g/mol. The molecule has 2 rings (SSSR count). The highest BCUT2D eigenvalue weighted by Gasteiger charge is 2.13. The summed E-state index contributed by atoms with van der Waals surface area (Å²) >= 11 is 2.39. The van der Waals surface area contributed by atoms with E-state index in [9.17, 15) is 0 Å². The van der Waals surface area contributed by atoms with Gasteiger partial charge in [0.1, 0.15) is 0 Å². The van der Waals surface area contributed by atoms with E-state index in [-0.39, 0.29) is 6.04 Å². The van der Waals surface area contributed by atoms with Crippen LogP contribution in [-0.4, -0.2) is 0 Å². The number of hydrogen-bond acceptors (Lipinski definition) is 1. The van der Waals surface area contributed by atoms with E-state index in [0.29, 0.717) is 5.92 Å². The van der Waals surface area contributed by atoms with Crippen LogP contribution in [0.3, 0.4) is 0 Å². The Morgan fingerprint density at radius 3 is 2.25 bits per heavy atom. The van der Waals surface area contributed by atoms with E-state index in [4.69, 9.17) is 5.73 Å². The van der Waals surface area contributed by atoms with Crippen molar-refractivity contribution in [3.05, 3.63) is 68.3 Å². The van der Waals surface area contributed by atoms with Crippen molar-refractivity contribution >= 4 is 22.6 Å². The summed E-state index contributed by atoms with van der Waals surface area (Å²) in [4.78, 5) is 0. The van der Waals surface area contributed by atoms with E-state index in [0.717, 1.165) is 0 Å². The van der Waals surface area contributed by atoms with Crippen molar-refractivity contribution in [3.8, 4) is 0 Å². The van der Waals surface area contributed by atoms with Gasteiger partial charge in [0, 0.05) is 3.57 Å². The lowest BCUT2D eigenvalue weighted by Gasteiger charge is -2.17. The molecule has 2 aromatic rings. The third-order valence-electron chi connectivity index (χ3n) is 4.03. The first-order valence-electron chi connectivity index (χ1n) is 7.15. The standard InChI is InChI=1S/C18H22IN/c1-4-12(2)14-8-10-15(11-9-14)18(20)16-7-5-6-13(3)17(16)19/h5-12,18H,4,20H2,1-3H3. The summed E-state index contributed by atoms with van der Waals surface area (Å²) in [5, 5.41) is 0. The number of rotatable bonds is 4. The summed E-state index contributed by atoms with van der Waals surface area (Å²) in [6.45, 7) is 6.61. The van der Waals surface area contributed by atoms with E-state index in [2.05, 4.69) is 85.8 Å². The lowest BCUT2D eigenvalue weighted by Crippen LogP contribution is -2.14. The monoisotopic (exact) mass is 379 g/mol. The quantitative estimate of drug-likeness (QED) is 0.730. The maximum absolute atomic E-state index is 6.44. The summed E-state index contributed by atoms with van der Waals surface area (Å²) in [6, 6.07) is 15.1. The van der Waals surface area contributed by atoms with Crippen LogP contribution in [0, 0.1) is 10.5 Å². The smallest absolute Gasteiger partial charge is 0.0562 e. The molecule has 0 fully saturated rings. The molecule has 20 heavy (non-hydrogen) atoms. The molecule has 2 aromatic carbocycles. The minimum Gasteiger partial charge on any atom is -0.320 e. The van der Waals surface area contributed by atoms with Crippen LogP contribution in [0.2, 0.25) is 0 Å². The molecule has 1 nitrogen and oxygen atoms in total. The van der Waals surface area contributed by atoms with Crippen LogP contribution < -0.4 is 5.73 Å². The molecule has 2 unspecified atom stereocenters. The zero-order valence-corrected chi connectivity index (χ0v) is 14.5. The SMILES string of the molecule is CCC(C)c1ccc(C(N)c2cccc(C)c2I)cc1. The Morgan fingerprint density at radius 2 is 1.65 bits per heavy atom. The summed E-state index contributed by atoms with van der Waals surface area (Å²) in [6.07, 6.45) is 1.17. The molecule has 0 amide bonds. The second-order valence-electron chi connectivity index (χ2n) is 5.43. The fourth-order valence-electron chi connectivity index (χ4n) is 2.36. The van der Waals surface area contributed by atoms with Crippen molar-refractivity contribution in [2.75, 3.05) is 0 Å². The van der Waals surface area contributed by atoms with Crippen LogP contribution in [0.1, 0.15) is 54.5 Å². The summed E-state index contributed by atoms with van der Waals surface area (Å²) < 4.78 is 1.27. The van der Waals surface area contributed by atoms with Crippen LogP contribution in [0.5, 0.6) is 0 Å². The predicted octanol–water partition coefficient (Wildman–Crippen LogP) is 5.16. The molecular formula is C18H22IN. The highest BCUT2D eigenvalue weighted by Crippen LogP contribution is 2.27. The molecule has 0 bridgehead atoms. The first-order valence-corrected chi connectivity index (χ1v) is 8.23. The van der Waals surface area contributed by atoms with E-state index in [1.165, 1.54) is 32.2 Å². The Morgan fingerprint density at radius 1 is 1.05 bits per heavy atom. The largest absolute Gasteiger partial charge is 0.320 e. The summed E-state index contributed by atoms with van der Waals surface area (Å²) in [5.41, 5.74) is 11.5. The van der Waals surface area contributed by atoms with Crippen molar-refractivity contribution in [3.63, 3.8) is 0 Å². The summed E-state index contributed by atoms with van der Waals surface area (Å²) in [7, 11) is 0. The molecule has 0 heterocycles. The van der Waals surface area contributed by atoms with Crippen molar-refractivity contribution in [2.45, 2.75) is 39.2 Å². The maximum atomic E-state index is 6.44. The first-order chi connectivity index (χ1) is 9.54. The molecule has 0 saturated carbocycles. The average Bonchev–Trinajstić information content (AvgIpc) is 2.48. The van der Waals surface area contributed by atoms with Gasteiger partial charge in [0.2, 0.25) is 0 Å². The number of aryl methyl sites for hydroxylation is 1. The topological polar surface area (TPSA) is 26.0 Å². The van der Waals surface area contributed by atoms with Crippen LogP contribution in [0.15, 0.2) is 42.5 Å². The molecule has 0 radical (unpaired) electrons. The van der Waals surface area contributed by atoms with Crippen LogP contribution in [0.25, 0.3) is 0 Å². The van der Waals surface area contributed by atoms with Crippen LogP contribution >= 0.6 is 22.6 Å². The summed E-state index contributed by atoms with van der Waals surface area (Å²) in [5.74, 6) is 0.611. The molecule has 2 heteroatoms. The minimum atomic E-state index is -0.0483. The molecule has 106 valence electrons. The van der Waals surface area contributed by atoms with E-state index in [1.807, 2.05) is 0 Å². The van der Waals surface area contributed by atoms with E-state index < -0.39 is 0 Å². The first kappa shape index (κ1) is 15.5. The van der Waals surface area contributed by atoms with Crippen molar-refractivity contribution in [2.24, 2.45) is 5.73 Å². The molecule has 2 atom stereocenters. The number of nitrogens with two attached hydrogens (primary N) is 1. The lowest BCUT2D eigenvalue weighted by atomic mass is 9.93. The lowest BCUT2D eigenvalue weighted by molar-refractivity contribution is 0.732. The van der Waals surface area contributed by atoms with Gasteiger partial charge >= 0.3 is 0 Å². The van der Waals surface area contributed by atoms with Gasteiger partial charge in [0.05, 0.1) is 6.04 Å². The Balaban J connectivity index is 2.29. The zero-order chi connectivity index (χ0) is 14.7. The fourth-order valence-corrected chi connectivity index (χ4v) is 3.05. The third-order valence-corrected chi connectivity index (χ3v) is 5.51. The molecule has 0 aromatic heterocycles. The van der Waals surface area contributed by atoms with Gasteiger partial charge in [-0.1, -0.05) is 56.3 Å². The van der Waals surface area contributed by atoms with E-state index in [1.54, 1.807) is 0 Å². The van der Waals surface area contributed by atoms with Crippen molar-refractivity contribution < 1.29 is 0 Å². The van der Waals surface area contributed by atoms with Gasteiger partial charge in [-0.05, 0) is 64.1 Å². The van der Waals surface area contributed by atoms with Crippen molar-refractivity contribution in [1.29, 1.82) is 0 Å². The van der Waals surface area contributed by atoms with Gasteiger partial charge in [-0.3, -0.25) is 0 Å². The number of benzene rings is 2. The van der Waals surface area contributed by atoms with Gasteiger partial charge < -0.3 is 5.73 Å². The minimum absolute atomic E-state index is 0.0483. The van der Waals surface area contributed by atoms with Gasteiger partial charge in [-0.2, -0.15) is 0 Å². The van der Waals surface area contributed by atoms with Gasteiger partial charge in [0.25, 0.3) is 0 Å². The van der Waals surface area contributed by atoms with Gasteiger partial charge in [0.15, 0.2) is 0 Å². The predicted molar refractivity (Wildman–Crippen MR) is 95.1 cm³/mol. The molecule has 0 aliphatic rings. The Kier molecular flexibility index (Phi) is 5.22. The Labute approximate surface area is 135 Å². The molecule has 0 spiro atoms. The van der Waals surface area contributed by atoms with Gasteiger partial charge in [-0.15, -0.1) is 0 Å². The van der Waals surface area contributed by atoms with Crippen molar-refractivity contribution in [1.82, 2.24) is 0 Å². The Bertz CT molecular complexity index is 574. The number of hydrogen-bond donors (Lipinski definition) is 1. The Hall–Kier alpha value is -0.870. The van der Waals surface area contributed by atoms with Crippen LogP contribution in [0.4, 0.5) is 0 Å². The molecular weight excluding hydrogens is 357 g/mol. The molecule has 0 saturated heterocycles. The number of halogens is 1. The molecule has 0 aliphatic carbocycles. The third kappa shape index (κ3) is 3.23. The van der Waals surface area contributed by atoms with Gasteiger partial charge in [-0.25, -0.2) is 0 Å². The zero-order valence-electron chi connectivity index (χ0n) is 12.4. The maximum Gasteiger partial charge on any atom is 0.0562 e. The highest BCUT2D eigenvalue weighted by molar-refractivity contribution is 14.1. The fraction of sp³-hybridized carbons (Fsp3) is 0.333. The molecule has 2 N–H and O–H groups in total. The highest BCUT2D eigenvalue weighted by atomic mass is 127. The molecule has 0 aliphatic heterocycles.